The second-order valence-electron chi connectivity index (χ2n) is 5.16. The minimum atomic E-state index is 0.227. The van der Waals surface area contributed by atoms with Crippen LogP contribution in [0.15, 0.2) is 41.0 Å². The lowest BCUT2D eigenvalue weighted by atomic mass is 10.3. The Hall–Kier alpha value is -4.07. The molecule has 3 N–H and O–H groups in total. The predicted octanol–water partition coefficient (Wildman–Crippen LogP) is 2.47. The highest BCUT2D eigenvalue weighted by Crippen LogP contribution is 2.35. The van der Waals surface area contributed by atoms with Gasteiger partial charge < -0.3 is 16.0 Å². The Bertz CT molecular complexity index is 976. The molecule has 0 aliphatic rings. The molecule has 0 aliphatic heterocycles. The molecule has 0 radical (unpaired) electrons. The van der Waals surface area contributed by atoms with E-state index >= 15 is 0 Å². The molecule has 0 bridgehead atoms. The SMILES string of the molecule is CNc1cc(NC)c(N=Nc2c(C#N)cnn2-c2ncccn2)c(NC)n1. The average molecular weight is 363 g/mol. The number of anilines is 3. The lowest BCUT2D eigenvalue weighted by molar-refractivity contribution is 0.803. The second-order valence-corrected chi connectivity index (χ2v) is 5.16. The topological polar surface area (TPSA) is 141 Å². The zero-order valence-electron chi connectivity index (χ0n) is 15.0. The van der Waals surface area contributed by atoms with E-state index in [9.17, 15) is 5.26 Å². The zero-order valence-corrected chi connectivity index (χ0v) is 15.0. The molecule has 0 atom stereocenters. The monoisotopic (exact) mass is 363 g/mol. The van der Waals surface area contributed by atoms with E-state index in [0.29, 0.717) is 29.0 Å². The minimum Gasteiger partial charge on any atom is -0.386 e. The van der Waals surface area contributed by atoms with Crippen molar-refractivity contribution in [3.63, 3.8) is 0 Å². The van der Waals surface area contributed by atoms with Crippen LogP contribution >= 0.6 is 0 Å². The van der Waals surface area contributed by atoms with Gasteiger partial charge in [0.1, 0.15) is 17.5 Å². The van der Waals surface area contributed by atoms with Crippen molar-refractivity contribution in [3.8, 4) is 12.0 Å². The summed E-state index contributed by atoms with van der Waals surface area (Å²) in [6.07, 6.45) is 4.55. The molecule has 0 amide bonds. The van der Waals surface area contributed by atoms with Gasteiger partial charge in [-0.15, -0.1) is 10.2 Å². The van der Waals surface area contributed by atoms with E-state index in [2.05, 4.69) is 46.2 Å². The van der Waals surface area contributed by atoms with Crippen LogP contribution in [0.25, 0.3) is 5.95 Å². The van der Waals surface area contributed by atoms with Crippen LogP contribution < -0.4 is 16.0 Å². The van der Waals surface area contributed by atoms with Crippen LogP contribution in [0.3, 0.4) is 0 Å². The molecule has 0 saturated carbocycles. The third kappa shape index (κ3) is 3.49. The summed E-state index contributed by atoms with van der Waals surface area (Å²) in [4.78, 5) is 12.7. The fourth-order valence-corrected chi connectivity index (χ4v) is 2.29. The van der Waals surface area contributed by atoms with Gasteiger partial charge in [0.15, 0.2) is 17.3 Å². The summed E-state index contributed by atoms with van der Waals surface area (Å²) >= 11 is 0. The number of hydrogen-bond acceptors (Lipinski definition) is 10. The molecule has 0 unspecified atom stereocenters. The van der Waals surface area contributed by atoms with E-state index in [0.717, 1.165) is 0 Å². The molecule has 3 heterocycles. The van der Waals surface area contributed by atoms with Crippen molar-refractivity contribution in [1.82, 2.24) is 24.7 Å². The van der Waals surface area contributed by atoms with Gasteiger partial charge in [0.2, 0.25) is 0 Å². The van der Waals surface area contributed by atoms with Crippen LogP contribution in [0.5, 0.6) is 0 Å². The van der Waals surface area contributed by atoms with Crippen LogP contribution in [0, 0.1) is 11.3 Å². The Morgan fingerprint density at radius 2 is 1.85 bits per heavy atom. The van der Waals surface area contributed by atoms with Crippen LogP contribution in [0.1, 0.15) is 5.56 Å². The van der Waals surface area contributed by atoms with E-state index < -0.39 is 0 Å². The Labute approximate surface area is 155 Å². The van der Waals surface area contributed by atoms with Gasteiger partial charge in [-0.1, -0.05) is 0 Å². The van der Waals surface area contributed by atoms with Crippen LogP contribution in [0.2, 0.25) is 0 Å². The van der Waals surface area contributed by atoms with Crippen LogP contribution in [0.4, 0.5) is 28.8 Å². The fraction of sp³-hybridized carbons (Fsp3) is 0.188. The van der Waals surface area contributed by atoms with Crippen molar-refractivity contribution in [2.45, 2.75) is 0 Å². The van der Waals surface area contributed by atoms with Crippen LogP contribution in [-0.4, -0.2) is 45.9 Å². The Balaban J connectivity index is 2.10. The average Bonchev–Trinajstić information content (AvgIpc) is 3.15. The quantitative estimate of drug-likeness (QED) is 0.567. The number of rotatable bonds is 6. The zero-order chi connectivity index (χ0) is 19.2. The molecule has 0 fully saturated rings. The first-order valence-corrected chi connectivity index (χ1v) is 7.97. The molecule has 0 aromatic carbocycles. The third-order valence-corrected chi connectivity index (χ3v) is 3.61. The van der Waals surface area contributed by atoms with Crippen molar-refractivity contribution in [3.05, 3.63) is 36.3 Å². The second kappa shape index (κ2) is 7.87. The summed E-state index contributed by atoms with van der Waals surface area (Å²) in [7, 11) is 5.29. The number of aromatic nitrogens is 5. The Morgan fingerprint density at radius 1 is 1.07 bits per heavy atom. The lowest BCUT2D eigenvalue weighted by Crippen LogP contribution is -2.02. The molecule has 3 rings (SSSR count). The molecule has 27 heavy (non-hydrogen) atoms. The highest BCUT2D eigenvalue weighted by atomic mass is 15.4. The van der Waals surface area contributed by atoms with Gasteiger partial charge in [-0.25, -0.2) is 15.0 Å². The van der Waals surface area contributed by atoms with Crippen LogP contribution in [-0.2, 0) is 0 Å². The summed E-state index contributed by atoms with van der Waals surface area (Å²) in [5.74, 6) is 1.71. The smallest absolute Gasteiger partial charge is 0.252 e. The number of nitrogens with zero attached hydrogens (tertiary/aromatic N) is 8. The fourth-order valence-electron chi connectivity index (χ4n) is 2.29. The highest BCUT2D eigenvalue weighted by Gasteiger charge is 2.15. The summed E-state index contributed by atoms with van der Waals surface area (Å²) in [6.45, 7) is 0. The van der Waals surface area contributed by atoms with E-state index in [1.165, 1.54) is 10.9 Å². The molecule has 11 heteroatoms. The normalized spacial score (nSPS) is 10.6. The molecular formula is C16H17N11. The van der Waals surface area contributed by atoms with Crippen molar-refractivity contribution >= 4 is 28.8 Å². The molecule has 136 valence electrons. The van der Waals surface area contributed by atoms with Gasteiger partial charge in [0, 0.05) is 39.6 Å². The third-order valence-electron chi connectivity index (χ3n) is 3.61. The number of hydrogen-bond donors (Lipinski definition) is 3. The Morgan fingerprint density at radius 3 is 2.48 bits per heavy atom. The summed E-state index contributed by atoms with van der Waals surface area (Å²) in [6, 6.07) is 5.54. The summed E-state index contributed by atoms with van der Waals surface area (Å²) in [5, 5.41) is 31.1. The molecular weight excluding hydrogens is 346 g/mol. The van der Waals surface area contributed by atoms with Crippen molar-refractivity contribution in [1.29, 1.82) is 5.26 Å². The molecule has 0 aliphatic carbocycles. The van der Waals surface area contributed by atoms with Gasteiger partial charge >= 0.3 is 0 Å². The van der Waals surface area contributed by atoms with Gasteiger partial charge in [-0.2, -0.15) is 15.0 Å². The number of nitriles is 1. The summed E-state index contributed by atoms with van der Waals surface area (Å²) in [5.41, 5.74) is 1.45. The van der Waals surface area contributed by atoms with Crippen molar-refractivity contribution in [2.75, 3.05) is 37.1 Å². The van der Waals surface area contributed by atoms with Gasteiger partial charge in [0.25, 0.3) is 5.95 Å². The van der Waals surface area contributed by atoms with Gasteiger partial charge in [-0.05, 0) is 6.07 Å². The molecule has 3 aromatic rings. The van der Waals surface area contributed by atoms with E-state index in [4.69, 9.17) is 0 Å². The van der Waals surface area contributed by atoms with Crippen molar-refractivity contribution in [2.24, 2.45) is 10.2 Å². The van der Waals surface area contributed by atoms with Gasteiger partial charge in [0.05, 0.1) is 11.9 Å². The van der Waals surface area contributed by atoms with E-state index in [1.54, 1.807) is 45.7 Å². The first-order valence-electron chi connectivity index (χ1n) is 7.97. The maximum atomic E-state index is 9.35. The van der Waals surface area contributed by atoms with E-state index in [1.807, 2.05) is 6.07 Å². The van der Waals surface area contributed by atoms with Crippen molar-refractivity contribution < 1.29 is 0 Å². The van der Waals surface area contributed by atoms with E-state index in [-0.39, 0.29) is 11.4 Å². The predicted molar refractivity (Wildman–Crippen MR) is 101 cm³/mol. The number of pyridine rings is 1. The first kappa shape index (κ1) is 17.7. The lowest BCUT2D eigenvalue weighted by Gasteiger charge is -2.11. The molecule has 11 nitrogen and oxygen atoms in total. The summed E-state index contributed by atoms with van der Waals surface area (Å²) < 4.78 is 1.36. The maximum Gasteiger partial charge on any atom is 0.252 e. The first-order chi connectivity index (χ1) is 13.2. The standard InChI is InChI=1S/C16H17N11/c1-18-11-7-12(19-2)24-14(20-3)13(11)25-26-15-10(8-17)9-23-27(15)16-21-5-4-6-22-16/h4-7,9H,1-3H3,(H3,18,19,20,24). The van der Waals surface area contributed by atoms with Gasteiger partial charge in [-0.3, -0.25) is 0 Å². The molecule has 3 aromatic heterocycles. The minimum absolute atomic E-state index is 0.227. The number of nitrogens with one attached hydrogen (secondary N) is 3. The maximum absolute atomic E-state index is 9.35. The molecule has 0 spiro atoms. The largest absolute Gasteiger partial charge is 0.386 e. The highest BCUT2D eigenvalue weighted by molar-refractivity contribution is 5.79. The molecule has 0 saturated heterocycles. The Kier molecular flexibility index (Phi) is 5.17. The number of azo groups is 1.